The van der Waals surface area contributed by atoms with Gasteiger partial charge in [0.15, 0.2) is 5.65 Å². The second-order valence-electron chi connectivity index (χ2n) is 6.60. The molecule has 1 unspecified atom stereocenters. The maximum atomic E-state index is 12.3. The fraction of sp³-hybridized carbons (Fsp3) is 0.588. The molecule has 2 aromatic rings. The number of rotatable bonds is 6. The van der Waals surface area contributed by atoms with E-state index in [1.165, 1.54) is 9.08 Å². The summed E-state index contributed by atoms with van der Waals surface area (Å²) in [6, 6.07) is 5.30. The number of nitrogens with zero attached hydrogens (tertiary/aromatic N) is 4. The number of amides is 1. The summed E-state index contributed by atoms with van der Waals surface area (Å²) < 4.78 is 8.03. The quantitative estimate of drug-likeness (QED) is 0.802. The van der Waals surface area contributed by atoms with E-state index in [2.05, 4.69) is 29.2 Å². The molecule has 1 fully saturated rings. The molecule has 0 aromatic carbocycles. The summed E-state index contributed by atoms with van der Waals surface area (Å²) in [6.07, 6.45) is 2.56. The molecule has 1 N–H and O–H groups in total. The van der Waals surface area contributed by atoms with Gasteiger partial charge in [-0.3, -0.25) is 14.1 Å². The average Bonchev–Trinajstić information content (AvgIpc) is 2.96. The third-order valence-electron chi connectivity index (χ3n) is 4.98. The summed E-state index contributed by atoms with van der Waals surface area (Å²) in [7, 11) is 0. The van der Waals surface area contributed by atoms with Gasteiger partial charge in [-0.2, -0.15) is 0 Å². The lowest BCUT2D eigenvalue weighted by molar-refractivity contribution is -0.122. The van der Waals surface area contributed by atoms with Crippen LogP contribution in [0.3, 0.4) is 0 Å². The Kier molecular flexibility index (Phi) is 5.19. The van der Waals surface area contributed by atoms with Crippen molar-refractivity contribution in [2.45, 2.75) is 32.4 Å². The van der Waals surface area contributed by atoms with Gasteiger partial charge < -0.3 is 10.1 Å². The van der Waals surface area contributed by atoms with Gasteiger partial charge in [0, 0.05) is 31.4 Å². The van der Waals surface area contributed by atoms with Crippen LogP contribution in [0.15, 0.2) is 29.2 Å². The molecule has 1 aliphatic rings. The number of aromatic nitrogens is 3. The molecule has 8 nitrogen and oxygen atoms in total. The molecule has 136 valence electrons. The second kappa shape index (κ2) is 7.37. The monoisotopic (exact) mass is 347 g/mol. The molecule has 2 aromatic heterocycles. The predicted molar refractivity (Wildman–Crippen MR) is 93.5 cm³/mol. The lowest BCUT2D eigenvalue weighted by atomic mass is 9.95. The first-order valence-corrected chi connectivity index (χ1v) is 8.67. The summed E-state index contributed by atoms with van der Waals surface area (Å²) in [6.45, 7) is 7.90. The van der Waals surface area contributed by atoms with E-state index in [0.29, 0.717) is 12.2 Å². The highest BCUT2D eigenvalue weighted by Crippen LogP contribution is 2.19. The molecule has 8 heteroatoms. The van der Waals surface area contributed by atoms with Crippen molar-refractivity contribution in [1.29, 1.82) is 0 Å². The number of nitrogens with one attached hydrogen (secondary N) is 1. The van der Waals surface area contributed by atoms with Crippen LogP contribution in [0.2, 0.25) is 0 Å². The summed E-state index contributed by atoms with van der Waals surface area (Å²) >= 11 is 0. The number of ether oxygens (including phenoxy) is 1. The van der Waals surface area contributed by atoms with E-state index >= 15 is 0 Å². The first kappa shape index (κ1) is 17.6. The number of pyridine rings is 1. The lowest BCUT2D eigenvalue weighted by Crippen LogP contribution is -2.57. The van der Waals surface area contributed by atoms with Crippen LogP contribution in [0.25, 0.3) is 5.65 Å². The topological polar surface area (TPSA) is 80.9 Å². The minimum atomic E-state index is -0.308. The number of carbonyl (C=O) groups is 1. The average molecular weight is 347 g/mol. The van der Waals surface area contributed by atoms with Crippen molar-refractivity contribution < 1.29 is 9.53 Å². The Labute approximate surface area is 146 Å². The van der Waals surface area contributed by atoms with Crippen LogP contribution >= 0.6 is 0 Å². The molecule has 0 bridgehead atoms. The first-order chi connectivity index (χ1) is 12.0. The highest BCUT2D eigenvalue weighted by Gasteiger charge is 2.31. The predicted octanol–water partition coefficient (Wildman–Crippen LogP) is 0.113. The lowest BCUT2D eigenvalue weighted by Gasteiger charge is -2.43. The summed E-state index contributed by atoms with van der Waals surface area (Å²) in [4.78, 5) is 26.9. The van der Waals surface area contributed by atoms with E-state index in [-0.39, 0.29) is 23.7 Å². The van der Waals surface area contributed by atoms with Gasteiger partial charge in [0.1, 0.15) is 6.54 Å². The van der Waals surface area contributed by atoms with E-state index in [1.54, 1.807) is 24.4 Å². The number of morpholine rings is 1. The smallest absolute Gasteiger partial charge is 0.350 e. The number of hydrogen-bond acceptors (Lipinski definition) is 5. The Bertz CT molecular complexity index is 793. The number of hydrogen-bond donors (Lipinski definition) is 1. The summed E-state index contributed by atoms with van der Waals surface area (Å²) in [5.74, 6) is -0.210. The van der Waals surface area contributed by atoms with E-state index in [0.717, 1.165) is 32.7 Å². The molecule has 0 radical (unpaired) electrons. The van der Waals surface area contributed by atoms with E-state index in [4.69, 9.17) is 4.74 Å². The Morgan fingerprint density at radius 2 is 2.12 bits per heavy atom. The molecule has 0 saturated carbocycles. The van der Waals surface area contributed by atoms with Gasteiger partial charge in [0.2, 0.25) is 5.91 Å². The van der Waals surface area contributed by atoms with Crippen LogP contribution in [0.1, 0.15) is 20.3 Å². The Morgan fingerprint density at radius 3 is 2.80 bits per heavy atom. The normalized spacial score (nSPS) is 18.2. The Balaban J connectivity index is 1.63. The third kappa shape index (κ3) is 3.74. The zero-order valence-electron chi connectivity index (χ0n) is 14.8. The highest BCUT2D eigenvalue weighted by molar-refractivity contribution is 5.75. The van der Waals surface area contributed by atoms with Crippen molar-refractivity contribution in [3.05, 3.63) is 34.9 Å². The summed E-state index contributed by atoms with van der Waals surface area (Å²) in [5.41, 5.74) is 0.104. The van der Waals surface area contributed by atoms with Crippen LogP contribution in [-0.4, -0.2) is 63.4 Å². The van der Waals surface area contributed by atoms with Crippen LogP contribution < -0.4 is 11.0 Å². The van der Waals surface area contributed by atoms with Gasteiger partial charge in [0.05, 0.1) is 13.2 Å². The molecule has 25 heavy (non-hydrogen) atoms. The van der Waals surface area contributed by atoms with Crippen LogP contribution in [0.4, 0.5) is 0 Å². The van der Waals surface area contributed by atoms with Gasteiger partial charge in [-0.25, -0.2) is 9.48 Å². The third-order valence-corrected chi connectivity index (χ3v) is 4.98. The van der Waals surface area contributed by atoms with E-state index in [1.807, 2.05) is 0 Å². The first-order valence-electron chi connectivity index (χ1n) is 8.67. The standard InChI is InChI=1S/C17H25N5O3/c1-3-17(2,20-8-10-25-11-9-20)13-18-15(23)12-22-16(24)21-7-5-4-6-14(21)19-22/h4-7H,3,8-13H2,1-2H3,(H,18,23). The van der Waals surface area contributed by atoms with E-state index < -0.39 is 0 Å². The van der Waals surface area contributed by atoms with Crippen molar-refractivity contribution in [2.75, 3.05) is 32.8 Å². The second-order valence-corrected chi connectivity index (χ2v) is 6.60. The maximum absolute atomic E-state index is 12.3. The Morgan fingerprint density at radius 1 is 1.36 bits per heavy atom. The van der Waals surface area contributed by atoms with Crippen molar-refractivity contribution in [3.8, 4) is 0 Å². The van der Waals surface area contributed by atoms with Gasteiger partial charge in [-0.05, 0) is 25.5 Å². The van der Waals surface area contributed by atoms with Crippen molar-refractivity contribution in [1.82, 2.24) is 24.4 Å². The van der Waals surface area contributed by atoms with Crippen LogP contribution in [0, 0.1) is 0 Å². The largest absolute Gasteiger partial charge is 0.379 e. The number of fused-ring (bicyclic) bond motifs is 1. The molecule has 1 amide bonds. The van der Waals surface area contributed by atoms with Crippen molar-refractivity contribution in [2.24, 2.45) is 0 Å². The van der Waals surface area contributed by atoms with Crippen molar-refractivity contribution in [3.63, 3.8) is 0 Å². The molecule has 3 heterocycles. The Hall–Kier alpha value is -2.19. The fourth-order valence-corrected chi connectivity index (χ4v) is 3.12. The number of carbonyl (C=O) groups excluding carboxylic acids is 1. The van der Waals surface area contributed by atoms with Crippen LogP contribution in [-0.2, 0) is 16.1 Å². The van der Waals surface area contributed by atoms with Gasteiger partial charge in [-0.1, -0.05) is 13.0 Å². The van der Waals surface area contributed by atoms with Gasteiger partial charge >= 0.3 is 5.69 Å². The summed E-state index contributed by atoms with van der Waals surface area (Å²) in [5, 5.41) is 7.15. The molecular formula is C17H25N5O3. The maximum Gasteiger partial charge on any atom is 0.350 e. The van der Waals surface area contributed by atoms with Gasteiger partial charge in [-0.15, -0.1) is 5.10 Å². The molecule has 0 spiro atoms. The minimum Gasteiger partial charge on any atom is -0.379 e. The minimum absolute atomic E-state index is 0.0799. The molecule has 3 rings (SSSR count). The van der Waals surface area contributed by atoms with E-state index in [9.17, 15) is 9.59 Å². The highest BCUT2D eigenvalue weighted by atomic mass is 16.5. The van der Waals surface area contributed by atoms with Crippen LogP contribution in [0.5, 0.6) is 0 Å². The molecular weight excluding hydrogens is 322 g/mol. The molecule has 0 aliphatic carbocycles. The zero-order valence-corrected chi connectivity index (χ0v) is 14.8. The molecule has 1 aliphatic heterocycles. The fourth-order valence-electron chi connectivity index (χ4n) is 3.12. The van der Waals surface area contributed by atoms with Gasteiger partial charge in [0.25, 0.3) is 0 Å². The molecule has 1 atom stereocenters. The zero-order chi connectivity index (χ0) is 17.9. The molecule has 1 saturated heterocycles. The van der Waals surface area contributed by atoms with Crippen molar-refractivity contribution >= 4 is 11.6 Å². The SMILES string of the molecule is CCC(C)(CNC(=O)Cn1nc2ccccn2c1=O)N1CCOCC1.